The molecule has 0 fully saturated rings. The zero-order valence-electron chi connectivity index (χ0n) is 12.9. The highest BCUT2D eigenvalue weighted by molar-refractivity contribution is 5.70. The van der Waals surface area contributed by atoms with Crippen molar-refractivity contribution >= 4 is 5.97 Å². The second-order valence-electron chi connectivity index (χ2n) is 4.79. The molecule has 0 atom stereocenters. The highest BCUT2D eigenvalue weighted by Crippen LogP contribution is 2.08. The number of carbonyl (C=O) groups is 1. The molecule has 0 bridgehead atoms. The van der Waals surface area contributed by atoms with Gasteiger partial charge in [-0.1, -0.05) is 38.2 Å². The molecule has 0 rings (SSSR count). The Bertz CT molecular complexity index is 229. The first-order chi connectivity index (χ1) is 9.81. The summed E-state index contributed by atoms with van der Waals surface area (Å²) in [4.78, 5) is 10.7. The van der Waals surface area contributed by atoms with Crippen LogP contribution in [-0.2, 0) is 19.0 Å². The van der Waals surface area contributed by atoms with Crippen LogP contribution in [0.15, 0.2) is 12.7 Å². The van der Waals surface area contributed by atoms with Crippen LogP contribution in [0.25, 0.3) is 0 Å². The monoisotopic (exact) mass is 286 g/mol. The van der Waals surface area contributed by atoms with Crippen LogP contribution in [0.2, 0.25) is 0 Å². The van der Waals surface area contributed by atoms with E-state index in [1.54, 1.807) is 0 Å². The van der Waals surface area contributed by atoms with E-state index in [1.165, 1.54) is 45.6 Å². The summed E-state index contributed by atoms with van der Waals surface area (Å²) in [7, 11) is 1.35. The van der Waals surface area contributed by atoms with E-state index in [-0.39, 0.29) is 12.6 Å². The van der Waals surface area contributed by atoms with Gasteiger partial charge in [-0.3, -0.25) is 0 Å². The number of allylic oxidation sites excluding steroid dienone is 1. The minimum Gasteiger partial charge on any atom is -0.467 e. The fourth-order valence-corrected chi connectivity index (χ4v) is 1.81. The van der Waals surface area contributed by atoms with Crippen molar-refractivity contribution in [3.05, 3.63) is 12.7 Å². The summed E-state index contributed by atoms with van der Waals surface area (Å²) >= 11 is 0. The van der Waals surface area contributed by atoms with Crippen molar-refractivity contribution in [3.63, 3.8) is 0 Å². The molecule has 4 nitrogen and oxygen atoms in total. The largest absolute Gasteiger partial charge is 0.467 e. The van der Waals surface area contributed by atoms with Gasteiger partial charge in [0.25, 0.3) is 0 Å². The van der Waals surface area contributed by atoms with E-state index >= 15 is 0 Å². The van der Waals surface area contributed by atoms with E-state index in [0.717, 1.165) is 19.4 Å². The van der Waals surface area contributed by atoms with Crippen molar-refractivity contribution in [1.82, 2.24) is 0 Å². The van der Waals surface area contributed by atoms with Crippen molar-refractivity contribution < 1.29 is 19.0 Å². The summed E-state index contributed by atoms with van der Waals surface area (Å²) in [5.74, 6) is -0.349. The van der Waals surface area contributed by atoms with Crippen molar-refractivity contribution in [2.24, 2.45) is 0 Å². The number of rotatable bonds is 15. The van der Waals surface area contributed by atoms with Crippen molar-refractivity contribution in [2.45, 2.75) is 51.4 Å². The summed E-state index contributed by atoms with van der Waals surface area (Å²) < 4.78 is 14.9. The number of unbranched alkanes of at least 4 members (excludes halogenated alkanes) is 7. The van der Waals surface area contributed by atoms with E-state index in [0.29, 0.717) is 13.2 Å². The van der Waals surface area contributed by atoms with Crippen LogP contribution >= 0.6 is 0 Å². The third-order valence-corrected chi connectivity index (χ3v) is 3.02. The molecular formula is C16H30O4. The maximum absolute atomic E-state index is 10.7. The molecule has 0 aromatic rings. The molecule has 0 aliphatic rings. The molecule has 20 heavy (non-hydrogen) atoms. The Balaban J connectivity index is 2.99. The third-order valence-electron chi connectivity index (χ3n) is 3.02. The molecule has 0 aliphatic heterocycles. The maximum atomic E-state index is 10.7. The van der Waals surface area contributed by atoms with Gasteiger partial charge >= 0.3 is 5.97 Å². The van der Waals surface area contributed by atoms with Crippen LogP contribution in [0.3, 0.4) is 0 Å². The molecule has 0 aromatic carbocycles. The molecule has 0 saturated carbocycles. The molecule has 0 amide bonds. The number of hydrogen-bond donors (Lipinski definition) is 0. The Morgan fingerprint density at radius 2 is 1.50 bits per heavy atom. The van der Waals surface area contributed by atoms with E-state index in [2.05, 4.69) is 11.3 Å². The van der Waals surface area contributed by atoms with Crippen LogP contribution in [0.1, 0.15) is 51.4 Å². The Kier molecular flexibility index (Phi) is 15.5. The molecule has 0 radical (unpaired) electrons. The Morgan fingerprint density at radius 3 is 2.15 bits per heavy atom. The fraction of sp³-hybridized carbons (Fsp3) is 0.812. The Labute approximate surface area is 123 Å². The lowest BCUT2D eigenvalue weighted by Crippen LogP contribution is -2.13. The lowest BCUT2D eigenvalue weighted by atomic mass is 10.1. The van der Waals surface area contributed by atoms with E-state index in [9.17, 15) is 4.79 Å². The SMILES string of the molecule is C=CCCCCCCCCCOCCOCC(=O)OC. The summed E-state index contributed by atoms with van der Waals surface area (Å²) in [5.41, 5.74) is 0. The molecule has 118 valence electrons. The van der Waals surface area contributed by atoms with Gasteiger partial charge in [0.2, 0.25) is 0 Å². The molecule has 4 heteroatoms. The van der Waals surface area contributed by atoms with E-state index in [4.69, 9.17) is 9.47 Å². The molecule has 0 aliphatic carbocycles. The Hall–Kier alpha value is -0.870. The lowest BCUT2D eigenvalue weighted by molar-refractivity contribution is -0.146. The normalized spacial score (nSPS) is 10.4. The number of methoxy groups -OCH3 is 1. The van der Waals surface area contributed by atoms with Crippen LogP contribution < -0.4 is 0 Å². The van der Waals surface area contributed by atoms with Gasteiger partial charge < -0.3 is 14.2 Å². The van der Waals surface area contributed by atoms with E-state index < -0.39 is 0 Å². The zero-order valence-corrected chi connectivity index (χ0v) is 12.9. The minimum atomic E-state index is -0.349. The summed E-state index contributed by atoms with van der Waals surface area (Å²) in [5, 5.41) is 0. The molecule has 0 unspecified atom stereocenters. The average molecular weight is 286 g/mol. The highest BCUT2D eigenvalue weighted by Gasteiger charge is 1.98. The topological polar surface area (TPSA) is 44.8 Å². The zero-order chi connectivity index (χ0) is 14.9. The van der Waals surface area contributed by atoms with Gasteiger partial charge in [-0.25, -0.2) is 4.79 Å². The predicted molar refractivity (Wildman–Crippen MR) is 80.8 cm³/mol. The number of carbonyl (C=O) groups excluding carboxylic acids is 1. The van der Waals surface area contributed by atoms with Gasteiger partial charge in [-0.05, 0) is 19.3 Å². The fourth-order valence-electron chi connectivity index (χ4n) is 1.81. The van der Waals surface area contributed by atoms with E-state index in [1.807, 2.05) is 6.08 Å². The molecule has 0 saturated heterocycles. The molecule has 0 aromatic heterocycles. The van der Waals surface area contributed by atoms with Crippen LogP contribution in [0, 0.1) is 0 Å². The summed E-state index contributed by atoms with van der Waals surface area (Å²) in [6, 6.07) is 0. The van der Waals surface area contributed by atoms with Gasteiger partial charge in [-0.2, -0.15) is 0 Å². The predicted octanol–water partition coefficient (Wildman–Crippen LogP) is 3.50. The van der Waals surface area contributed by atoms with Crippen molar-refractivity contribution in [3.8, 4) is 0 Å². The quantitative estimate of drug-likeness (QED) is 0.262. The van der Waals surface area contributed by atoms with Crippen LogP contribution in [0.5, 0.6) is 0 Å². The average Bonchev–Trinajstić information content (AvgIpc) is 2.47. The second kappa shape index (κ2) is 16.2. The van der Waals surface area contributed by atoms with Crippen molar-refractivity contribution in [1.29, 1.82) is 0 Å². The summed E-state index contributed by atoms with van der Waals surface area (Å²) in [6.07, 6.45) is 12.0. The smallest absolute Gasteiger partial charge is 0.331 e. The van der Waals surface area contributed by atoms with Gasteiger partial charge in [0.05, 0.1) is 20.3 Å². The maximum Gasteiger partial charge on any atom is 0.331 e. The first-order valence-corrected chi connectivity index (χ1v) is 7.64. The Morgan fingerprint density at radius 1 is 0.900 bits per heavy atom. The summed E-state index contributed by atoms with van der Waals surface area (Å²) in [6.45, 7) is 5.49. The van der Waals surface area contributed by atoms with Crippen LogP contribution in [0.4, 0.5) is 0 Å². The molecule has 0 spiro atoms. The highest BCUT2D eigenvalue weighted by atomic mass is 16.6. The van der Waals surface area contributed by atoms with Gasteiger partial charge in [-0.15, -0.1) is 6.58 Å². The second-order valence-corrected chi connectivity index (χ2v) is 4.79. The van der Waals surface area contributed by atoms with Gasteiger partial charge in [0.15, 0.2) is 0 Å². The standard InChI is InChI=1S/C16H30O4/c1-3-4-5-6-7-8-9-10-11-12-19-13-14-20-15-16(17)18-2/h3H,1,4-15H2,2H3. The number of hydrogen-bond acceptors (Lipinski definition) is 4. The van der Waals surface area contributed by atoms with Crippen LogP contribution in [-0.4, -0.2) is 39.5 Å². The van der Waals surface area contributed by atoms with Crippen molar-refractivity contribution in [2.75, 3.05) is 33.5 Å². The van der Waals surface area contributed by atoms with Gasteiger partial charge in [0.1, 0.15) is 6.61 Å². The first kappa shape index (κ1) is 19.1. The molecule has 0 heterocycles. The lowest BCUT2D eigenvalue weighted by Gasteiger charge is -2.05. The van der Waals surface area contributed by atoms with Gasteiger partial charge in [0, 0.05) is 6.61 Å². The first-order valence-electron chi connectivity index (χ1n) is 7.64. The molecule has 0 N–H and O–H groups in total. The third kappa shape index (κ3) is 15.2. The molecular weight excluding hydrogens is 256 g/mol. The minimum absolute atomic E-state index is 0.00567. The number of ether oxygens (including phenoxy) is 3. The number of esters is 1.